The molecule has 0 spiro atoms. The normalized spacial score (nSPS) is 19.5. The molecular weight excluding hydrogens is 446 g/mol. The summed E-state index contributed by atoms with van der Waals surface area (Å²) in [5.41, 5.74) is 1.30. The fourth-order valence-corrected chi connectivity index (χ4v) is 6.15. The monoisotopic (exact) mass is 473 g/mol. The number of nitrogens with one attached hydrogen (secondary N) is 1. The lowest BCUT2D eigenvalue weighted by Crippen LogP contribution is -2.47. The summed E-state index contributed by atoms with van der Waals surface area (Å²) in [6.07, 6.45) is 1.89. The second-order valence-electron chi connectivity index (χ2n) is 8.40. The first-order chi connectivity index (χ1) is 15.3. The summed E-state index contributed by atoms with van der Waals surface area (Å²) in [5, 5.41) is 1.90. The molecule has 0 bridgehead atoms. The van der Waals surface area contributed by atoms with E-state index < -0.39 is 21.2 Å². The van der Waals surface area contributed by atoms with E-state index in [9.17, 15) is 18.0 Å². The van der Waals surface area contributed by atoms with Crippen molar-refractivity contribution in [3.8, 4) is 0 Å². The molecule has 1 atom stereocenters. The van der Waals surface area contributed by atoms with E-state index in [-0.39, 0.29) is 17.3 Å². The zero-order chi connectivity index (χ0) is 22.9. The Balaban J connectivity index is 1.50. The number of rotatable bonds is 5. The summed E-state index contributed by atoms with van der Waals surface area (Å²) in [6, 6.07) is 14.0. The highest BCUT2D eigenvalue weighted by molar-refractivity contribution is 8.01. The number of fused-ring (bicyclic) bond motifs is 1. The molecule has 4 rings (SSSR count). The molecule has 170 valence electrons. The van der Waals surface area contributed by atoms with Crippen LogP contribution in [0.2, 0.25) is 0 Å². The van der Waals surface area contributed by atoms with Crippen molar-refractivity contribution in [2.45, 2.75) is 41.4 Å². The van der Waals surface area contributed by atoms with Gasteiger partial charge in [-0.25, -0.2) is 8.42 Å². The van der Waals surface area contributed by atoms with Gasteiger partial charge in [0.1, 0.15) is 0 Å². The van der Waals surface area contributed by atoms with Gasteiger partial charge in [-0.1, -0.05) is 37.3 Å². The van der Waals surface area contributed by atoms with E-state index in [4.69, 9.17) is 0 Å². The number of benzene rings is 2. The number of hydrogen-bond acceptors (Lipinski definition) is 5. The van der Waals surface area contributed by atoms with Crippen molar-refractivity contribution in [2.24, 2.45) is 5.92 Å². The van der Waals surface area contributed by atoms with E-state index in [0.29, 0.717) is 29.6 Å². The molecule has 9 heteroatoms. The van der Waals surface area contributed by atoms with Gasteiger partial charge in [-0.2, -0.15) is 4.31 Å². The summed E-state index contributed by atoms with van der Waals surface area (Å²) >= 11 is 1.19. The van der Waals surface area contributed by atoms with Crippen LogP contribution in [0.3, 0.4) is 0 Å². The number of thioether (sulfide) groups is 1. The number of carbonyl (C=O) groups excluding carboxylic acids is 2. The Labute approximate surface area is 193 Å². The fraction of sp³-hybridized carbons (Fsp3) is 0.391. The van der Waals surface area contributed by atoms with Gasteiger partial charge in [0.2, 0.25) is 21.8 Å². The molecule has 2 heterocycles. The summed E-state index contributed by atoms with van der Waals surface area (Å²) in [6.45, 7) is 3.75. The highest BCUT2D eigenvalue weighted by Crippen LogP contribution is 2.38. The van der Waals surface area contributed by atoms with Crippen LogP contribution in [0.1, 0.15) is 25.3 Å². The maximum Gasteiger partial charge on any atom is 0.247 e. The molecule has 0 unspecified atom stereocenters. The van der Waals surface area contributed by atoms with Gasteiger partial charge in [0.25, 0.3) is 0 Å². The van der Waals surface area contributed by atoms with Crippen molar-refractivity contribution in [3.05, 3.63) is 54.1 Å². The first-order valence-electron chi connectivity index (χ1n) is 10.7. The zero-order valence-corrected chi connectivity index (χ0v) is 19.8. The van der Waals surface area contributed by atoms with Crippen molar-refractivity contribution in [1.29, 1.82) is 0 Å². The molecule has 2 amide bonds. The molecule has 7 nitrogen and oxygen atoms in total. The van der Waals surface area contributed by atoms with Gasteiger partial charge >= 0.3 is 0 Å². The number of likely N-dealkylation sites (tertiary alicyclic amines) is 1. The molecule has 1 saturated heterocycles. The van der Waals surface area contributed by atoms with Gasteiger partial charge in [-0.05, 0) is 42.5 Å². The Morgan fingerprint density at radius 1 is 1.16 bits per heavy atom. The standard InChI is InChI=1S/C23H27N3O4S2/c1-16-10-12-26(13-11-16)23(28)21-22(27)24-19-14-18(8-9-20(19)31-21)32(29,30)25(2)15-17-6-4-3-5-7-17/h3-9,14,16,21H,10-13,15H2,1-2H3,(H,24,27)/t21-/m1/s1. The Kier molecular flexibility index (Phi) is 6.60. The third-order valence-corrected chi connectivity index (χ3v) is 9.03. The van der Waals surface area contributed by atoms with Gasteiger partial charge in [0.05, 0.1) is 10.6 Å². The summed E-state index contributed by atoms with van der Waals surface area (Å²) in [4.78, 5) is 28.2. The molecule has 0 aliphatic carbocycles. The van der Waals surface area contributed by atoms with Gasteiger partial charge < -0.3 is 10.2 Å². The van der Waals surface area contributed by atoms with Crippen molar-refractivity contribution in [2.75, 3.05) is 25.5 Å². The third-order valence-electron chi connectivity index (χ3n) is 5.97. The van der Waals surface area contributed by atoms with Gasteiger partial charge in [-0.15, -0.1) is 11.8 Å². The quantitative estimate of drug-likeness (QED) is 0.674. The van der Waals surface area contributed by atoms with E-state index in [0.717, 1.165) is 18.4 Å². The van der Waals surface area contributed by atoms with Crippen LogP contribution in [-0.4, -0.2) is 54.8 Å². The Morgan fingerprint density at radius 2 is 1.84 bits per heavy atom. The first-order valence-corrected chi connectivity index (χ1v) is 13.0. The lowest BCUT2D eigenvalue weighted by atomic mass is 9.99. The number of amides is 2. The molecule has 0 radical (unpaired) electrons. The minimum Gasteiger partial charge on any atom is -0.341 e. The van der Waals surface area contributed by atoms with Gasteiger partial charge in [-0.3, -0.25) is 9.59 Å². The molecule has 1 N–H and O–H groups in total. The SMILES string of the molecule is CC1CCN(C(=O)[C@@H]2Sc3ccc(S(=O)(=O)N(C)Cc4ccccc4)cc3NC2=O)CC1. The van der Waals surface area contributed by atoms with Crippen LogP contribution >= 0.6 is 11.8 Å². The number of hydrogen-bond donors (Lipinski definition) is 1. The number of sulfonamides is 1. The fourth-order valence-electron chi connectivity index (χ4n) is 3.91. The molecule has 2 aliphatic heterocycles. The van der Waals surface area contributed by atoms with Crippen molar-refractivity contribution < 1.29 is 18.0 Å². The maximum atomic E-state index is 13.1. The molecule has 0 aromatic heterocycles. The van der Waals surface area contributed by atoms with Crippen LogP contribution in [0.4, 0.5) is 5.69 Å². The van der Waals surface area contributed by atoms with E-state index in [1.165, 1.54) is 35.2 Å². The molecule has 2 aromatic rings. The smallest absolute Gasteiger partial charge is 0.247 e. The molecular formula is C23H27N3O4S2. The highest BCUT2D eigenvalue weighted by Gasteiger charge is 2.37. The topological polar surface area (TPSA) is 86.8 Å². The second kappa shape index (κ2) is 9.25. The van der Waals surface area contributed by atoms with E-state index in [1.807, 2.05) is 30.3 Å². The highest BCUT2D eigenvalue weighted by atomic mass is 32.2. The number of nitrogens with zero attached hydrogens (tertiary/aromatic N) is 2. The Morgan fingerprint density at radius 3 is 2.53 bits per heavy atom. The largest absolute Gasteiger partial charge is 0.341 e. The maximum absolute atomic E-state index is 13.1. The van der Waals surface area contributed by atoms with E-state index >= 15 is 0 Å². The van der Waals surface area contributed by atoms with Crippen molar-refractivity contribution >= 4 is 39.3 Å². The summed E-state index contributed by atoms with van der Waals surface area (Å²) < 4.78 is 27.4. The molecule has 1 fully saturated rings. The average Bonchev–Trinajstić information content (AvgIpc) is 2.79. The van der Waals surface area contributed by atoms with Crippen LogP contribution in [0.25, 0.3) is 0 Å². The minimum absolute atomic E-state index is 0.102. The van der Waals surface area contributed by atoms with E-state index in [2.05, 4.69) is 12.2 Å². The predicted molar refractivity (Wildman–Crippen MR) is 125 cm³/mol. The van der Waals surface area contributed by atoms with Gasteiger partial charge in [0, 0.05) is 31.6 Å². The summed E-state index contributed by atoms with van der Waals surface area (Å²) in [5.74, 6) is 0.00987. The van der Waals surface area contributed by atoms with E-state index in [1.54, 1.807) is 11.0 Å². The lowest BCUT2D eigenvalue weighted by Gasteiger charge is -2.33. The van der Waals surface area contributed by atoms with Crippen LogP contribution in [0.15, 0.2) is 58.3 Å². The van der Waals surface area contributed by atoms with Crippen LogP contribution in [0.5, 0.6) is 0 Å². The van der Waals surface area contributed by atoms with Crippen LogP contribution in [0, 0.1) is 5.92 Å². The predicted octanol–water partition coefficient (Wildman–Crippen LogP) is 3.18. The Bertz CT molecular complexity index is 1110. The average molecular weight is 474 g/mol. The van der Waals surface area contributed by atoms with Crippen molar-refractivity contribution in [1.82, 2.24) is 9.21 Å². The zero-order valence-electron chi connectivity index (χ0n) is 18.2. The second-order valence-corrected chi connectivity index (χ2v) is 11.6. The summed E-state index contributed by atoms with van der Waals surface area (Å²) in [7, 11) is -2.21. The molecule has 0 saturated carbocycles. The number of carbonyl (C=O) groups is 2. The van der Waals surface area contributed by atoms with Gasteiger partial charge in [0.15, 0.2) is 5.25 Å². The number of piperidine rings is 1. The first kappa shape index (κ1) is 22.8. The minimum atomic E-state index is -3.74. The van der Waals surface area contributed by atoms with Crippen LogP contribution in [-0.2, 0) is 26.2 Å². The molecule has 32 heavy (non-hydrogen) atoms. The molecule has 2 aromatic carbocycles. The third kappa shape index (κ3) is 4.69. The van der Waals surface area contributed by atoms with Crippen LogP contribution < -0.4 is 5.32 Å². The molecule has 2 aliphatic rings. The van der Waals surface area contributed by atoms with Crippen molar-refractivity contribution in [3.63, 3.8) is 0 Å². The lowest BCUT2D eigenvalue weighted by molar-refractivity contribution is -0.135. The Hall–Kier alpha value is -2.36. The number of anilines is 1.